The summed E-state index contributed by atoms with van der Waals surface area (Å²) >= 11 is 0. The topological polar surface area (TPSA) is 102 Å². The van der Waals surface area contributed by atoms with Gasteiger partial charge >= 0.3 is 0 Å². The van der Waals surface area contributed by atoms with Crippen molar-refractivity contribution in [2.24, 2.45) is 0 Å². The molecule has 9 heteroatoms. The number of amides is 2. The number of carbonyl (C=O) groups excluding carboxylic acids is 2. The van der Waals surface area contributed by atoms with E-state index >= 15 is 0 Å². The van der Waals surface area contributed by atoms with Gasteiger partial charge in [-0.15, -0.1) is 0 Å². The molecule has 2 amide bonds. The van der Waals surface area contributed by atoms with Crippen LogP contribution in [0.3, 0.4) is 0 Å². The molecule has 224 valence electrons. The Morgan fingerprint density at radius 1 is 0.767 bits per heavy atom. The van der Waals surface area contributed by atoms with Crippen molar-refractivity contribution >= 4 is 21.7 Å². The first kappa shape index (κ1) is 31.3. The van der Waals surface area contributed by atoms with Crippen molar-refractivity contribution in [2.45, 2.75) is 23.5 Å². The van der Waals surface area contributed by atoms with Crippen LogP contribution in [0.4, 0.5) is 0 Å². The second kappa shape index (κ2) is 14.0. The Morgan fingerprint density at radius 3 is 2.16 bits per heavy atom. The normalized spacial score (nSPS) is 11.1. The lowest BCUT2D eigenvalue weighted by atomic mass is 9.99. The van der Waals surface area contributed by atoms with Crippen LogP contribution in [0.25, 0.3) is 11.1 Å². The maximum atomic E-state index is 13.7. The number of rotatable bonds is 12. The van der Waals surface area contributed by atoms with Crippen LogP contribution in [0, 0.1) is 0 Å². The van der Waals surface area contributed by atoms with Crippen LogP contribution in [0.2, 0.25) is 0 Å². The van der Waals surface area contributed by atoms with Crippen LogP contribution in [-0.4, -0.2) is 60.0 Å². The zero-order valence-electron chi connectivity index (χ0n) is 24.8. The first-order chi connectivity index (χ1) is 20.6. The number of hydrogen-bond donors (Lipinski definition) is 1. The number of para-hydroxylation sites is 1. The average Bonchev–Trinajstić information content (AvgIpc) is 3.02. The zero-order chi connectivity index (χ0) is 31.0. The van der Waals surface area contributed by atoms with E-state index in [1.807, 2.05) is 30.3 Å². The third kappa shape index (κ3) is 7.61. The van der Waals surface area contributed by atoms with Gasteiger partial charge in [0.05, 0.1) is 25.5 Å². The Balaban J connectivity index is 1.48. The molecule has 0 saturated heterocycles. The van der Waals surface area contributed by atoms with Crippen molar-refractivity contribution in [2.75, 3.05) is 34.9 Å². The van der Waals surface area contributed by atoms with E-state index in [0.717, 1.165) is 5.56 Å². The van der Waals surface area contributed by atoms with E-state index in [0.29, 0.717) is 53.0 Å². The summed E-state index contributed by atoms with van der Waals surface area (Å²) in [5, 5.41) is 2.91. The Labute approximate surface area is 253 Å². The Kier molecular flexibility index (Phi) is 10.2. The van der Waals surface area contributed by atoms with Gasteiger partial charge in [0.1, 0.15) is 16.4 Å². The number of aryl methyl sites for hydroxylation is 1. The summed E-state index contributed by atoms with van der Waals surface area (Å²) in [5.74, 6) is 0.155. The van der Waals surface area contributed by atoms with E-state index in [1.54, 1.807) is 74.8 Å². The summed E-state index contributed by atoms with van der Waals surface area (Å²) in [6.07, 6.45) is 1.34. The number of ether oxygens (including phenoxy) is 2. The Bertz CT molecular complexity index is 1720. The molecule has 0 atom stereocenters. The second-order valence-corrected chi connectivity index (χ2v) is 12.2. The summed E-state index contributed by atoms with van der Waals surface area (Å²) in [6, 6.07) is 26.6. The van der Waals surface area contributed by atoms with Crippen molar-refractivity contribution in [3.8, 4) is 22.6 Å². The van der Waals surface area contributed by atoms with Crippen molar-refractivity contribution in [1.82, 2.24) is 10.2 Å². The van der Waals surface area contributed by atoms with E-state index in [1.165, 1.54) is 19.1 Å². The minimum atomic E-state index is -3.82. The molecule has 0 bridgehead atoms. The number of nitrogens with zero attached hydrogens (tertiary/aromatic N) is 1. The average molecular weight is 601 g/mol. The molecule has 8 nitrogen and oxygen atoms in total. The number of sulfone groups is 1. The van der Waals surface area contributed by atoms with Crippen molar-refractivity contribution in [1.29, 1.82) is 0 Å². The fraction of sp³-hybridized carbons (Fsp3) is 0.235. The van der Waals surface area contributed by atoms with E-state index in [9.17, 15) is 18.0 Å². The molecule has 0 unspecified atom stereocenters. The molecule has 43 heavy (non-hydrogen) atoms. The largest absolute Gasteiger partial charge is 0.496 e. The van der Waals surface area contributed by atoms with E-state index in [-0.39, 0.29) is 28.2 Å². The van der Waals surface area contributed by atoms with Gasteiger partial charge < -0.3 is 19.7 Å². The monoisotopic (exact) mass is 600 g/mol. The molecule has 4 rings (SSSR count). The number of hydrogen-bond acceptors (Lipinski definition) is 6. The number of nitrogens with one attached hydrogen (secondary N) is 1. The van der Waals surface area contributed by atoms with Gasteiger partial charge in [0.25, 0.3) is 11.8 Å². The maximum absolute atomic E-state index is 13.7. The van der Waals surface area contributed by atoms with Gasteiger partial charge in [-0.1, -0.05) is 60.7 Å². The van der Waals surface area contributed by atoms with Gasteiger partial charge in [-0.3, -0.25) is 9.59 Å². The first-order valence-corrected chi connectivity index (χ1v) is 15.5. The highest BCUT2D eigenvalue weighted by molar-refractivity contribution is 7.90. The zero-order valence-corrected chi connectivity index (χ0v) is 25.6. The van der Waals surface area contributed by atoms with Gasteiger partial charge in [-0.05, 0) is 65.4 Å². The molecule has 0 aromatic heterocycles. The van der Waals surface area contributed by atoms with Crippen LogP contribution in [0.1, 0.15) is 38.3 Å². The number of methoxy groups -OCH3 is 2. The lowest BCUT2D eigenvalue weighted by Gasteiger charge is -2.16. The van der Waals surface area contributed by atoms with Gasteiger partial charge in [-0.2, -0.15) is 0 Å². The number of carbonyl (C=O) groups is 2. The highest BCUT2D eigenvalue weighted by Gasteiger charge is 2.23. The van der Waals surface area contributed by atoms with Crippen LogP contribution in [0.15, 0.2) is 95.9 Å². The van der Waals surface area contributed by atoms with Crippen molar-refractivity contribution in [3.05, 3.63) is 113 Å². The standard InChI is InChI=1S/C34H36N2O6S/c1-36(2)34(38)28-15-6-5-14-27(28)26-18-19-31(42-4)32(22-26)43(39,40)23-25-12-9-11-24(21-25)13-10-20-35-33(37)29-16-7-8-17-30(29)41-3/h5-9,11-12,14-19,21-22H,10,13,20,23H2,1-4H3,(H,35,37). The second-order valence-electron chi connectivity index (χ2n) is 10.2. The van der Waals surface area contributed by atoms with Gasteiger partial charge in [0, 0.05) is 26.2 Å². The number of benzene rings is 4. The molecule has 0 aliphatic rings. The fourth-order valence-electron chi connectivity index (χ4n) is 4.84. The summed E-state index contributed by atoms with van der Waals surface area (Å²) in [4.78, 5) is 26.9. The molecule has 0 spiro atoms. The van der Waals surface area contributed by atoms with Crippen LogP contribution < -0.4 is 14.8 Å². The van der Waals surface area contributed by atoms with Crippen molar-refractivity contribution < 1.29 is 27.5 Å². The van der Waals surface area contributed by atoms with Gasteiger partial charge in [0.2, 0.25) is 0 Å². The minimum absolute atomic E-state index is 0.0593. The lowest BCUT2D eigenvalue weighted by Crippen LogP contribution is -2.25. The summed E-state index contributed by atoms with van der Waals surface area (Å²) in [5.41, 5.74) is 3.81. The molecule has 0 radical (unpaired) electrons. The highest BCUT2D eigenvalue weighted by atomic mass is 32.2. The molecule has 1 N–H and O–H groups in total. The molecule has 4 aromatic carbocycles. The third-order valence-corrected chi connectivity index (χ3v) is 8.70. The summed E-state index contributed by atoms with van der Waals surface area (Å²) in [7, 11) is 2.50. The predicted octanol–water partition coefficient (Wildman–Crippen LogP) is 5.41. The van der Waals surface area contributed by atoms with Crippen LogP contribution in [-0.2, 0) is 22.0 Å². The molecule has 0 aliphatic heterocycles. The van der Waals surface area contributed by atoms with Gasteiger partial charge in [0.15, 0.2) is 9.84 Å². The maximum Gasteiger partial charge on any atom is 0.255 e. The lowest BCUT2D eigenvalue weighted by molar-refractivity contribution is 0.0828. The smallest absolute Gasteiger partial charge is 0.255 e. The van der Waals surface area contributed by atoms with E-state index < -0.39 is 9.84 Å². The Hall–Kier alpha value is -4.63. The molecule has 0 aliphatic carbocycles. The minimum Gasteiger partial charge on any atom is -0.496 e. The van der Waals surface area contributed by atoms with Gasteiger partial charge in [-0.25, -0.2) is 8.42 Å². The molecular formula is C34H36N2O6S. The molecule has 4 aromatic rings. The summed E-state index contributed by atoms with van der Waals surface area (Å²) < 4.78 is 38.1. The summed E-state index contributed by atoms with van der Waals surface area (Å²) in [6.45, 7) is 0.460. The quantitative estimate of drug-likeness (QED) is 0.218. The SMILES string of the molecule is COc1ccccc1C(=O)NCCCc1cccc(CS(=O)(=O)c2cc(-c3ccccc3C(=O)N(C)C)ccc2OC)c1. The van der Waals surface area contributed by atoms with E-state index in [4.69, 9.17) is 9.47 Å². The third-order valence-electron chi connectivity index (χ3n) is 7.00. The van der Waals surface area contributed by atoms with E-state index in [2.05, 4.69) is 5.32 Å². The molecule has 0 fully saturated rings. The van der Waals surface area contributed by atoms with Crippen LogP contribution >= 0.6 is 0 Å². The molecular weight excluding hydrogens is 564 g/mol. The van der Waals surface area contributed by atoms with Crippen LogP contribution in [0.5, 0.6) is 11.5 Å². The van der Waals surface area contributed by atoms with Crippen molar-refractivity contribution in [3.63, 3.8) is 0 Å². The first-order valence-electron chi connectivity index (χ1n) is 13.9. The molecule has 0 heterocycles. The highest BCUT2D eigenvalue weighted by Crippen LogP contribution is 2.33. The predicted molar refractivity (Wildman–Crippen MR) is 167 cm³/mol. The fourth-order valence-corrected chi connectivity index (χ4v) is 6.38. The molecule has 0 saturated carbocycles. The Morgan fingerprint density at radius 2 is 1.44 bits per heavy atom.